The van der Waals surface area contributed by atoms with Crippen LogP contribution in [-0.4, -0.2) is 56.4 Å². The van der Waals surface area contributed by atoms with Crippen molar-refractivity contribution in [3.05, 3.63) is 53.6 Å². The molecule has 3 aliphatic rings. The van der Waals surface area contributed by atoms with E-state index in [0.717, 1.165) is 43.4 Å². The van der Waals surface area contributed by atoms with Gasteiger partial charge in [-0.2, -0.15) is 4.31 Å². The predicted molar refractivity (Wildman–Crippen MR) is 119 cm³/mol. The number of likely N-dealkylation sites (tertiary alicyclic amines) is 1. The van der Waals surface area contributed by atoms with Crippen molar-refractivity contribution in [3.63, 3.8) is 0 Å². The SMILES string of the molecule is O=C(c1cccc(S(=O)(=O)N2CCCCC2)c1)N1CCC[C@@H]1c1ccc2c(c1)OCCO2. The van der Waals surface area contributed by atoms with Crippen molar-refractivity contribution in [2.24, 2.45) is 0 Å². The molecule has 0 aromatic heterocycles. The third-order valence-electron chi connectivity index (χ3n) is 6.50. The molecule has 0 spiro atoms. The van der Waals surface area contributed by atoms with Gasteiger partial charge >= 0.3 is 0 Å². The zero-order valence-corrected chi connectivity index (χ0v) is 18.9. The molecule has 0 N–H and O–H groups in total. The van der Waals surface area contributed by atoms with Crippen LogP contribution in [0, 0.1) is 0 Å². The maximum atomic E-state index is 13.4. The van der Waals surface area contributed by atoms with Crippen LogP contribution in [0.5, 0.6) is 11.5 Å². The first-order chi connectivity index (χ1) is 15.5. The lowest BCUT2D eigenvalue weighted by atomic mass is 10.0. The Morgan fingerprint density at radius 1 is 0.875 bits per heavy atom. The number of hydrogen-bond donors (Lipinski definition) is 0. The average molecular weight is 457 g/mol. The van der Waals surface area contributed by atoms with Crippen LogP contribution < -0.4 is 9.47 Å². The molecular weight excluding hydrogens is 428 g/mol. The molecule has 3 heterocycles. The first-order valence-corrected chi connectivity index (χ1v) is 12.8. The highest BCUT2D eigenvalue weighted by Crippen LogP contribution is 2.38. The molecule has 8 heteroatoms. The molecule has 2 aromatic carbocycles. The number of rotatable bonds is 4. The van der Waals surface area contributed by atoms with Crippen LogP contribution in [0.3, 0.4) is 0 Å². The van der Waals surface area contributed by atoms with E-state index in [1.165, 1.54) is 10.4 Å². The number of carbonyl (C=O) groups is 1. The van der Waals surface area contributed by atoms with E-state index < -0.39 is 10.0 Å². The summed E-state index contributed by atoms with van der Waals surface area (Å²) in [5.74, 6) is 1.30. The number of amides is 1. The largest absolute Gasteiger partial charge is 0.486 e. The number of benzene rings is 2. The van der Waals surface area contributed by atoms with Gasteiger partial charge in [0.1, 0.15) is 13.2 Å². The fourth-order valence-corrected chi connectivity index (χ4v) is 6.40. The fraction of sp³-hybridized carbons (Fsp3) is 0.458. The van der Waals surface area contributed by atoms with Crippen LogP contribution in [0.1, 0.15) is 54.1 Å². The van der Waals surface area contributed by atoms with Crippen molar-refractivity contribution < 1.29 is 22.7 Å². The molecule has 1 atom stereocenters. The van der Waals surface area contributed by atoms with E-state index in [2.05, 4.69) is 0 Å². The monoisotopic (exact) mass is 456 g/mol. The van der Waals surface area contributed by atoms with E-state index >= 15 is 0 Å². The van der Waals surface area contributed by atoms with Crippen LogP contribution >= 0.6 is 0 Å². The molecule has 0 unspecified atom stereocenters. The third-order valence-corrected chi connectivity index (χ3v) is 8.39. The van der Waals surface area contributed by atoms with Gasteiger partial charge in [0.15, 0.2) is 11.5 Å². The van der Waals surface area contributed by atoms with Gasteiger partial charge in [-0.3, -0.25) is 4.79 Å². The van der Waals surface area contributed by atoms with E-state index in [1.54, 1.807) is 18.2 Å². The Morgan fingerprint density at radius 2 is 1.66 bits per heavy atom. The average Bonchev–Trinajstić information content (AvgIpc) is 3.34. The quantitative estimate of drug-likeness (QED) is 0.703. The highest BCUT2D eigenvalue weighted by atomic mass is 32.2. The van der Waals surface area contributed by atoms with Gasteiger partial charge in [0.25, 0.3) is 5.91 Å². The fourth-order valence-electron chi connectivity index (χ4n) is 4.83. The minimum absolute atomic E-state index is 0.0688. The first kappa shape index (κ1) is 21.3. The zero-order valence-electron chi connectivity index (χ0n) is 18.0. The lowest BCUT2D eigenvalue weighted by Crippen LogP contribution is -2.36. The summed E-state index contributed by atoms with van der Waals surface area (Å²) in [6.07, 6.45) is 4.57. The second-order valence-corrected chi connectivity index (χ2v) is 10.5. The van der Waals surface area contributed by atoms with Gasteiger partial charge in [-0.15, -0.1) is 0 Å². The summed E-state index contributed by atoms with van der Waals surface area (Å²) in [6, 6.07) is 12.3. The molecule has 7 nitrogen and oxygen atoms in total. The summed E-state index contributed by atoms with van der Waals surface area (Å²) in [5, 5.41) is 0. The van der Waals surface area contributed by atoms with Gasteiger partial charge in [-0.25, -0.2) is 8.42 Å². The van der Waals surface area contributed by atoms with Crippen molar-refractivity contribution >= 4 is 15.9 Å². The highest BCUT2D eigenvalue weighted by molar-refractivity contribution is 7.89. The second-order valence-electron chi connectivity index (χ2n) is 8.55. The Hall–Kier alpha value is -2.58. The number of sulfonamides is 1. The first-order valence-electron chi connectivity index (χ1n) is 11.3. The van der Waals surface area contributed by atoms with Gasteiger partial charge in [-0.1, -0.05) is 18.6 Å². The minimum atomic E-state index is -3.59. The summed E-state index contributed by atoms with van der Waals surface area (Å²) >= 11 is 0. The van der Waals surface area contributed by atoms with Crippen molar-refractivity contribution in [2.45, 2.75) is 43.0 Å². The van der Waals surface area contributed by atoms with Crippen LogP contribution in [0.4, 0.5) is 0 Å². The van der Waals surface area contributed by atoms with Crippen molar-refractivity contribution in [3.8, 4) is 11.5 Å². The van der Waals surface area contributed by atoms with E-state index in [0.29, 0.717) is 44.2 Å². The smallest absolute Gasteiger partial charge is 0.254 e. The Kier molecular flexibility index (Phi) is 5.82. The van der Waals surface area contributed by atoms with E-state index in [1.807, 2.05) is 23.1 Å². The second kappa shape index (κ2) is 8.75. The van der Waals surface area contributed by atoms with Crippen LogP contribution in [0.25, 0.3) is 0 Å². The number of carbonyl (C=O) groups excluding carboxylic acids is 1. The number of hydrogen-bond acceptors (Lipinski definition) is 5. The molecule has 3 aliphatic heterocycles. The lowest BCUT2D eigenvalue weighted by molar-refractivity contribution is 0.0735. The number of nitrogens with zero attached hydrogens (tertiary/aromatic N) is 2. The molecule has 0 saturated carbocycles. The van der Waals surface area contributed by atoms with Gasteiger partial charge in [0.05, 0.1) is 10.9 Å². The molecular formula is C24H28N2O5S. The minimum Gasteiger partial charge on any atom is -0.486 e. The summed E-state index contributed by atoms with van der Waals surface area (Å²) in [6.45, 7) is 2.78. The summed E-state index contributed by atoms with van der Waals surface area (Å²) in [4.78, 5) is 15.5. The van der Waals surface area contributed by atoms with Gasteiger partial charge in [0, 0.05) is 25.2 Å². The molecule has 2 aromatic rings. The molecule has 170 valence electrons. The lowest BCUT2D eigenvalue weighted by Gasteiger charge is -2.28. The van der Waals surface area contributed by atoms with Crippen molar-refractivity contribution in [1.29, 1.82) is 0 Å². The summed E-state index contributed by atoms with van der Waals surface area (Å²) in [7, 11) is -3.59. The third kappa shape index (κ3) is 3.97. The summed E-state index contributed by atoms with van der Waals surface area (Å²) in [5.41, 5.74) is 1.42. The number of piperidine rings is 1. The van der Waals surface area contributed by atoms with Gasteiger partial charge in [0.2, 0.25) is 10.0 Å². The van der Waals surface area contributed by atoms with E-state index in [-0.39, 0.29) is 16.8 Å². The van der Waals surface area contributed by atoms with Crippen LogP contribution in [0.2, 0.25) is 0 Å². The molecule has 0 bridgehead atoms. The van der Waals surface area contributed by atoms with Gasteiger partial charge < -0.3 is 14.4 Å². The van der Waals surface area contributed by atoms with Crippen LogP contribution in [-0.2, 0) is 10.0 Å². The maximum absolute atomic E-state index is 13.4. The predicted octanol–water partition coefficient (Wildman–Crippen LogP) is 3.61. The normalized spacial score (nSPS) is 21.5. The van der Waals surface area contributed by atoms with Crippen LogP contribution in [0.15, 0.2) is 47.4 Å². The topological polar surface area (TPSA) is 76.2 Å². The molecule has 32 heavy (non-hydrogen) atoms. The van der Waals surface area contributed by atoms with Crippen molar-refractivity contribution in [1.82, 2.24) is 9.21 Å². The molecule has 2 saturated heterocycles. The Labute approximate surface area is 189 Å². The molecule has 1 amide bonds. The molecule has 2 fully saturated rings. The van der Waals surface area contributed by atoms with Crippen molar-refractivity contribution in [2.75, 3.05) is 32.8 Å². The molecule has 0 radical (unpaired) electrons. The summed E-state index contributed by atoms with van der Waals surface area (Å²) < 4.78 is 39.0. The Balaban J connectivity index is 1.39. The standard InChI is InChI=1S/C24H28N2O5S/c27-24(19-6-4-7-20(16-19)32(28,29)25-11-2-1-3-12-25)26-13-5-8-21(26)18-9-10-22-23(17-18)31-15-14-30-22/h4,6-7,9-10,16-17,21H,1-3,5,8,11-15H2/t21-/m1/s1. The van der Waals surface area contributed by atoms with Gasteiger partial charge in [-0.05, 0) is 61.6 Å². The number of ether oxygens (including phenoxy) is 2. The van der Waals surface area contributed by atoms with E-state index in [9.17, 15) is 13.2 Å². The Bertz CT molecular complexity index is 1110. The van der Waals surface area contributed by atoms with E-state index in [4.69, 9.17) is 9.47 Å². The number of fused-ring (bicyclic) bond motifs is 1. The molecule has 0 aliphatic carbocycles. The zero-order chi connectivity index (χ0) is 22.1. The highest BCUT2D eigenvalue weighted by Gasteiger charge is 2.33. The Morgan fingerprint density at radius 3 is 2.47 bits per heavy atom. The maximum Gasteiger partial charge on any atom is 0.254 e. The molecule has 5 rings (SSSR count).